The third-order valence-corrected chi connectivity index (χ3v) is 2.78. The van der Waals surface area contributed by atoms with Gasteiger partial charge in [0.2, 0.25) is 0 Å². The van der Waals surface area contributed by atoms with Gasteiger partial charge in [-0.3, -0.25) is 0 Å². The van der Waals surface area contributed by atoms with E-state index in [4.69, 9.17) is 27.5 Å². The Morgan fingerprint density at radius 2 is 1.67 bits per heavy atom. The Labute approximate surface area is 124 Å². The van der Waals surface area contributed by atoms with Crippen LogP contribution < -0.4 is 11.1 Å². The summed E-state index contributed by atoms with van der Waals surface area (Å²) in [6, 6.07) is 5.10. The summed E-state index contributed by atoms with van der Waals surface area (Å²) in [5, 5.41) is 21.1. The Kier molecular flexibility index (Phi) is 3.95. The van der Waals surface area contributed by atoms with E-state index in [0.717, 1.165) is 6.07 Å². The average Bonchev–Trinajstić information content (AvgIpc) is 2.41. The monoisotopic (exact) mass is 307 g/mol. The number of rotatable bonds is 4. The smallest absolute Gasteiger partial charge is 0.335 e. The summed E-state index contributed by atoms with van der Waals surface area (Å²) in [6.45, 7) is 0. The van der Waals surface area contributed by atoms with Gasteiger partial charge in [0.05, 0.1) is 21.8 Å². The molecule has 7 nitrogen and oxygen atoms in total. The van der Waals surface area contributed by atoms with Crippen molar-refractivity contribution in [3.05, 3.63) is 46.6 Å². The summed E-state index contributed by atoms with van der Waals surface area (Å²) in [7, 11) is 0. The fourth-order valence-electron chi connectivity index (χ4n) is 1.64. The molecule has 0 spiro atoms. The molecule has 2 aromatic rings. The number of carboxylic acid groups (broad SMARTS) is 2. The lowest BCUT2D eigenvalue weighted by Gasteiger charge is -2.10. The van der Waals surface area contributed by atoms with E-state index in [1.54, 1.807) is 0 Å². The highest BCUT2D eigenvalue weighted by atomic mass is 35.5. The standard InChI is InChI=1S/C13H10ClN3O4/c14-8-4-10(15)11(16-5-8)17-9-2-6(12(18)19)1-7(3-9)13(20)21/h1-5H,15H2,(H,16,17)(H,18,19)(H,20,21). The molecule has 0 aliphatic rings. The van der Waals surface area contributed by atoms with Crippen LogP contribution >= 0.6 is 11.6 Å². The van der Waals surface area contributed by atoms with Crippen molar-refractivity contribution in [1.29, 1.82) is 0 Å². The van der Waals surface area contributed by atoms with Crippen LogP contribution in [0.2, 0.25) is 5.02 Å². The number of anilines is 3. The molecule has 0 aliphatic carbocycles. The molecular weight excluding hydrogens is 298 g/mol. The van der Waals surface area contributed by atoms with Gasteiger partial charge < -0.3 is 21.3 Å². The van der Waals surface area contributed by atoms with Gasteiger partial charge in [-0.1, -0.05) is 11.6 Å². The molecule has 1 aromatic heterocycles. The lowest BCUT2D eigenvalue weighted by molar-refractivity contribution is 0.0696. The van der Waals surface area contributed by atoms with Crippen LogP contribution in [0.25, 0.3) is 0 Å². The number of nitrogen functional groups attached to an aromatic ring is 1. The Morgan fingerprint density at radius 3 is 2.14 bits per heavy atom. The molecule has 0 atom stereocenters. The molecule has 0 saturated heterocycles. The Balaban J connectivity index is 2.43. The van der Waals surface area contributed by atoms with Crippen LogP contribution in [0.5, 0.6) is 0 Å². The summed E-state index contributed by atoms with van der Waals surface area (Å²) in [4.78, 5) is 26.0. The van der Waals surface area contributed by atoms with Crippen LogP contribution in [0.15, 0.2) is 30.5 Å². The number of aromatic carboxylic acids is 2. The lowest BCUT2D eigenvalue weighted by atomic mass is 10.1. The highest BCUT2D eigenvalue weighted by molar-refractivity contribution is 6.30. The van der Waals surface area contributed by atoms with Gasteiger partial charge in [0.25, 0.3) is 0 Å². The molecule has 21 heavy (non-hydrogen) atoms. The van der Waals surface area contributed by atoms with Crippen molar-refractivity contribution >= 4 is 40.7 Å². The van der Waals surface area contributed by atoms with Crippen molar-refractivity contribution in [3.63, 3.8) is 0 Å². The summed E-state index contributed by atoms with van der Waals surface area (Å²) in [5.74, 6) is -2.23. The van der Waals surface area contributed by atoms with Crippen molar-refractivity contribution < 1.29 is 19.8 Å². The zero-order valence-corrected chi connectivity index (χ0v) is 11.3. The first-order valence-corrected chi connectivity index (χ1v) is 6.04. The quantitative estimate of drug-likeness (QED) is 0.683. The number of nitrogens with one attached hydrogen (secondary N) is 1. The van der Waals surface area contributed by atoms with Gasteiger partial charge in [0.15, 0.2) is 5.82 Å². The van der Waals surface area contributed by atoms with Crippen LogP contribution in [0, 0.1) is 0 Å². The number of pyridine rings is 1. The van der Waals surface area contributed by atoms with E-state index in [-0.39, 0.29) is 28.3 Å². The van der Waals surface area contributed by atoms with Gasteiger partial charge in [-0.05, 0) is 24.3 Å². The van der Waals surface area contributed by atoms with E-state index < -0.39 is 11.9 Å². The van der Waals surface area contributed by atoms with E-state index in [0.29, 0.717) is 5.02 Å². The number of nitrogens with zero attached hydrogens (tertiary/aromatic N) is 1. The van der Waals surface area contributed by atoms with Gasteiger partial charge in [-0.25, -0.2) is 14.6 Å². The van der Waals surface area contributed by atoms with E-state index in [9.17, 15) is 9.59 Å². The molecule has 2 rings (SSSR count). The minimum Gasteiger partial charge on any atom is -0.478 e. The number of halogens is 1. The summed E-state index contributed by atoms with van der Waals surface area (Å²) in [6.07, 6.45) is 1.36. The van der Waals surface area contributed by atoms with Crippen LogP contribution in [0.1, 0.15) is 20.7 Å². The predicted molar refractivity (Wildman–Crippen MR) is 77.3 cm³/mol. The Morgan fingerprint density at radius 1 is 1.10 bits per heavy atom. The number of carbonyl (C=O) groups is 2. The molecule has 0 radical (unpaired) electrons. The third-order valence-electron chi connectivity index (χ3n) is 2.57. The lowest BCUT2D eigenvalue weighted by Crippen LogP contribution is -2.05. The number of aromatic nitrogens is 1. The molecule has 0 aliphatic heterocycles. The number of hydrogen-bond acceptors (Lipinski definition) is 5. The van der Waals surface area contributed by atoms with E-state index >= 15 is 0 Å². The normalized spacial score (nSPS) is 10.1. The van der Waals surface area contributed by atoms with Crippen molar-refractivity contribution in [2.45, 2.75) is 0 Å². The van der Waals surface area contributed by atoms with Gasteiger partial charge in [0.1, 0.15) is 0 Å². The maximum atomic E-state index is 11.0. The van der Waals surface area contributed by atoms with E-state index in [2.05, 4.69) is 10.3 Å². The van der Waals surface area contributed by atoms with Crippen LogP contribution in [0.3, 0.4) is 0 Å². The molecule has 1 heterocycles. The van der Waals surface area contributed by atoms with Crippen LogP contribution in [-0.2, 0) is 0 Å². The zero-order chi connectivity index (χ0) is 15.6. The Bertz CT molecular complexity index is 701. The molecule has 0 unspecified atom stereocenters. The SMILES string of the molecule is Nc1cc(Cl)cnc1Nc1cc(C(=O)O)cc(C(=O)O)c1. The zero-order valence-electron chi connectivity index (χ0n) is 10.5. The van der Waals surface area contributed by atoms with Crippen LogP contribution in [-0.4, -0.2) is 27.1 Å². The summed E-state index contributed by atoms with van der Waals surface area (Å²) < 4.78 is 0. The molecule has 108 valence electrons. The minimum atomic E-state index is -1.24. The van der Waals surface area contributed by atoms with E-state index in [1.807, 2.05) is 0 Å². The average molecular weight is 308 g/mol. The molecule has 0 bridgehead atoms. The minimum absolute atomic E-state index is 0.162. The number of hydrogen-bond donors (Lipinski definition) is 4. The van der Waals surface area contributed by atoms with Gasteiger partial charge in [0, 0.05) is 11.9 Å². The highest BCUT2D eigenvalue weighted by Gasteiger charge is 2.12. The second-order valence-electron chi connectivity index (χ2n) is 4.13. The molecule has 5 N–H and O–H groups in total. The van der Waals surface area contributed by atoms with Crippen molar-refractivity contribution in [2.24, 2.45) is 0 Å². The predicted octanol–water partition coefficient (Wildman–Crippen LogP) is 2.46. The molecule has 0 saturated carbocycles. The Hall–Kier alpha value is -2.80. The number of benzene rings is 1. The highest BCUT2D eigenvalue weighted by Crippen LogP contribution is 2.25. The second-order valence-corrected chi connectivity index (χ2v) is 4.56. The summed E-state index contributed by atoms with van der Waals surface area (Å²) in [5.41, 5.74) is 5.89. The third kappa shape index (κ3) is 3.40. The van der Waals surface area contributed by atoms with Crippen molar-refractivity contribution in [1.82, 2.24) is 4.98 Å². The fourth-order valence-corrected chi connectivity index (χ4v) is 1.81. The molecule has 1 aromatic carbocycles. The van der Waals surface area contributed by atoms with Crippen LogP contribution in [0.4, 0.5) is 17.2 Å². The maximum absolute atomic E-state index is 11.0. The first-order valence-electron chi connectivity index (χ1n) is 5.66. The van der Waals surface area contributed by atoms with Gasteiger partial charge in [-0.2, -0.15) is 0 Å². The molecule has 0 fully saturated rings. The van der Waals surface area contributed by atoms with Gasteiger partial charge >= 0.3 is 11.9 Å². The largest absolute Gasteiger partial charge is 0.478 e. The second kappa shape index (κ2) is 5.68. The molecule has 8 heteroatoms. The van der Waals surface area contributed by atoms with Gasteiger partial charge in [-0.15, -0.1) is 0 Å². The molecule has 0 amide bonds. The first-order chi connectivity index (χ1) is 9.86. The first kappa shape index (κ1) is 14.6. The maximum Gasteiger partial charge on any atom is 0.335 e. The number of nitrogens with two attached hydrogens (primary N) is 1. The topological polar surface area (TPSA) is 126 Å². The van der Waals surface area contributed by atoms with E-state index in [1.165, 1.54) is 24.4 Å². The number of carboxylic acids is 2. The summed E-state index contributed by atoms with van der Waals surface area (Å²) >= 11 is 5.73. The van der Waals surface area contributed by atoms with Crippen molar-refractivity contribution in [2.75, 3.05) is 11.1 Å². The fraction of sp³-hybridized carbons (Fsp3) is 0. The van der Waals surface area contributed by atoms with Crippen molar-refractivity contribution in [3.8, 4) is 0 Å². The molecular formula is C13H10ClN3O4.